The Morgan fingerprint density at radius 1 is 1.50 bits per heavy atom. The summed E-state index contributed by atoms with van der Waals surface area (Å²) >= 11 is 6.64. The van der Waals surface area contributed by atoms with Crippen molar-refractivity contribution >= 4 is 39.0 Å². The van der Waals surface area contributed by atoms with Crippen LogP contribution in [0.5, 0.6) is 5.75 Å². The average molecular weight is 405 g/mol. The molecular formula is C14H17BrN2O3S2. The lowest BCUT2D eigenvalue weighted by molar-refractivity contribution is 0.413. The van der Waals surface area contributed by atoms with E-state index in [1.54, 1.807) is 18.9 Å². The minimum Gasteiger partial charge on any atom is -0.494 e. The van der Waals surface area contributed by atoms with Gasteiger partial charge in [-0.05, 0) is 28.8 Å². The van der Waals surface area contributed by atoms with Crippen LogP contribution < -0.4 is 10.5 Å². The molecule has 0 unspecified atom stereocenters. The topological polar surface area (TPSA) is 57.3 Å². The number of hydrogen-bond acceptors (Lipinski definition) is 6. The van der Waals surface area contributed by atoms with E-state index >= 15 is 0 Å². The van der Waals surface area contributed by atoms with Crippen molar-refractivity contribution in [2.45, 2.75) is 43.2 Å². The van der Waals surface area contributed by atoms with E-state index in [1.165, 1.54) is 48.1 Å². The number of rotatable bonds is 5. The highest BCUT2D eigenvalue weighted by atomic mass is 79.9. The lowest BCUT2D eigenvalue weighted by atomic mass is 10.0. The summed E-state index contributed by atoms with van der Waals surface area (Å²) in [5.41, 5.74) is 0. The zero-order chi connectivity index (χ0) is 15.5. The number of thioether (sulfide) groups is 1. The second-order valence-corrected chi connectivity index (χ2v) is 8.17. The van der Waals surface area contributed by atoms with Gasteiger partial charge in [-0.2, -0.15) is 4.68 Å². The van der Waals surface area contributed by atoms with Crippen LogP contribution in [0.15, 0.2) is 19.1 Å². The molecular weight excluding hydrogens is 388 g/mol. The molecule has 0 radical (unpaired) electrons. The predicted molar refractivity (Wildman–Crippen MR) is 92.8 cm³/mol. The maximum Gasteiger partial charge on any atom is 0.438 e. The van der Waals surface area contributed by atoms with Crippen molar-refractivity contribution in [2.24, 2.45) is 0 Å². The highest BCUT2D eigenvalue weighted by molar-refractivity contribution is 9.10. The van der Waals surface area contributed by atoms with Crippen molar-refractivity contribution in [3.63, 3.8) is 0 Å². The molecule has 1 aliphatic carbocycles. The molecule has 2 heterocycles. The van der Waals surface area contributed by atoms with E-state index in [2.05, 4.69) is 21.0 Å². The molecule has 1 aliphatic rings. The number of aromatic nitrogens is 2. The summed E-state index contributed by atoms with van der Waals surface area (Å²) in [5.74, 6) is 1.10. The number of nitrogens with zero attached hydrogens (tertiary/aromatic N) is 2. The molecule has 0 aromatic carbocycles. The Morgan fingerprint density at radius 2 is 2.27 bits per heavy atom. The molecule has 5 nitrogen and oxygen atoms in total. The van der Waals surface area contributed by atoms with Crippen LogP contribution in [0.25, 0.3) is 10.8 Å². The van der Waals surface area contributed by atoms with E-state index in [-0.39, 0.29) is 0 Å². The molecule has 1 fully saturated rings. The van der Waals surface area contributed by atoms with Gasteiger partial charge in [0.05, 0.1) is 17.5 Å². The highest BCUT2D eigenvalue weighted by Gasteiger charge is 2.20. The largest absolute Gasteiger partial charge is 0.494 e. The third-order valence-electron chi connectivity index (χ3n) is 3.69. The summed E-state index contributed by atoms with van der Waals surface area (Å²) in [5, 5.41) is 6.84. The van der Waals surface area contributed by atoms with E-state index in [0.29, 0.717) is 22.8 Å². The van der Waals surface area contributed by atoms with Crippen LogP contribution in [0.1, 0.15) is 32.1 Å². The van der Waals surface area contributed by atoms with Crippen LogP contribution in [0, 0.1) is 0 Å². The van der Waals surface area contributed by atoms with Crippen molar-refractivity contribution in [2.75, 3.05) is 7.11 Å². The van der Waals surface area contributed by atoms with Crippen molar-refractivity contribution < 1.29 is 9.15 Å². The summed E-state index contributed by atoms with van der Waals surface area (Å²) in [4.78, 5) is 12.7. The molecule has 0 atom stereocenters. The molecule has 2 aromatic heterocycles. The fourth-order valence-corrected chi connectivity index (χ4v) is 5.32. The first-order valence-electron chi connectivity index (χ1n) is 7.20. The molecule has 3 rings (SSSR count). The van der Waals surface area contributed by atoms with Crippen LogP contribution in [0.3, 0.4) is 0 Å². The zero-order valence-corrected chi connectivity index (χ0v) is 15.4. The van der Waals surface area contributed by atoms with Crippen molar-refractivity contribution in [1.82, 2.24) is 9.78 Å². The third kappa shape index (κ3) is 3.44. The van der Waals surface area contributed by atoms with Crippen LogP contribution in [0.4, 0.5) is 0 Å². The summed E-state index contributed by atoms with van der Waals surface area (Å²) in [6.45, 7) is 0. The molecule has 120 valence electrons. The maximum atomic E-state index is 12.0. The first-order valence-corrected chi connectivity index (χ1v) is 9.92. The summed E-state index contributed by atoms with van der Waals surface area (Å²) < 4.78 is 12.9. The number of hydrogen-bond donors (Lipinski definition) is 0. The Kier molecular flexibility index (Phi) is 5.30. The first-order chi connectivity index (χ1) is 10.7. The highest BCUT2D eigenvalue weighted by Crippen LogP contribution is 2.41. The van der Waals surface area contributed by atoms with Gasteiger partial charge in [-0.25, -0.2) is 4.79 Å². The molecule has 0 N–H and O–H groups in total. The predicted octanol–water partition coefficient (Wildman–Crippen LogP) is 4.36. The first kappa shape index (κ1) is 16.1. The van der Waals surface area contributed by atoms with Crippen LogP contribution in [-0.2, 0) is 5.88 Å². The zero-order valence-electron chi connectivity index (χ0n) is 12.2. The lowest BCUT2D eigenvalue weighted by Gasteiger charge is -2.20. The minimum atomic E-state index is -0.412. The Hall–Kier alpha value is -0.730. The van der Waals surface area contributed by atoms with Crippen molar-refractivity contribution in [3.05, 3.63) is 20.4 Å². The van der Waals surface area contributed by atoms with Gasteiger partial charge in [-0.1, -0.05) is 19.3 Å². The summed E-state index contributed by atoms with van der Waals surface area (Å²) in [7, 11) is 1.59. The Bertz CT molecular complexity index is 689. The maximum absolute atomic E-state index is 12.0. The molecule has 1 saturated carbocycles. The van der Waals surface area contributed by atoms with E-state index in [1.807, 2.05) is 5.38 Å². The normalized spacial score (nSPS) is 16.1. The molecule has 2 aromatic rings. The van der Waals surface area contributed by atoms with E-state index < -0.39 is 5.76 Å². The molecule has 0 spiro atoms. The van der Waals surface area contributed by atoms with Crippen LogP contribution in [0.2, 0.25) is 0 Å². The van der Waals surface area contributed by atoms with Gasteiger partial charge in [0, 0.05) is 10.6 Å². The Labute approximate surface area is 145 Å². The molecule has 8 heteroatoms. The van der Waals surface area contributed by atoms with Crippen LogP contribution in [-0.4, -0.2) is 22.1 Å². The molecule has 0 saturated heterocycles. The quantitative estimate of drug-likeness (QED) is 0.740. The van der Waals surface area contributed by atoms with Crippen molar-refractivity contribution in [1.29, 1.82) is 0 Å². The fourth-order valence-electron chi connectivity index (χ4n) is 2.55. The second-order valence-electron chi connectivity index (χ2n) is 5.17. The Balaban J connectivity index is 1.74. The number of thiophene rings is 1. The van der Waals surface area contributed by atoms with Gasteiger partial charge < -0.3 is 9.15 Å². The van der Waals surface area contributed by atoms with Crippen LogP contribution >= 0.6 is 39.0 Å². The lowest BCUT2D eigenvalue weighted by Crippen LogP contribution is -2.17. The molecule has 0 aliphatic heterocycles. The van der Waals surface area contributed by atoms with Gasteiger partial charge in [0.1, 0.15) is 4.88 Å². The molecule has 0 bridgehead atoms. The van der Waals surface area contributed by atoms with Gasteiger partial charge in [-0.15, -0.1) is 28.2 Å². The van der Waals surface area contributed by atoms with E-state index in [0.717, 1.165) is 9.35 Å². The number of methoxy groups -OCH3 is 1. The van der Waals surface area contributed by atoms with E-state index in [9.17, 15) is 4.79 Å². The van der Waals surface area contributed by atoms with Gasteiger partial charge in [0.15, 0.2) is 5.75 Å². The molecule has 0 amide bonds. The SMILES string of the molecule is COc1c(Br)csc1-c1nn(CSC2CCCCC2)c(=O)o1. The van der Waals surface area contributed by atoms with Gasteiger partial charge in [0.2, 0.25) is 0 Å². The average Bonchev–Trinajstić information content (AvgIpc) is 3.08. The van der Waals surface area contributed by atoms with Crippen molar-refractivity contribution in [3.8, 4) is 16.5 Å². The van der Waals surface area contributed by atoms with Gasteiger partial charge in [-0.3, -0.25) is 0 Å². The standard InChI is InChI=1S/C14H17BrN2O3S2/c1-19-11-10(15)7-21-12(11)13-16-17(14(18)20-13)8-22-9-5-3-2-4-6-9/h7,9H,2-6,8H2,1H3. The molecule has 22 heavy (non-hydrogen) atoms. The van der Waals surface area contributed by atoms with Gasteiger partial charge in [0.25, 0.3) is 5.89 Å². The second kappa shape index (κ2) is 7.23. The monoisotopic (exact) mass is 404 g/mol. The Morgan fingerprint density at radius 3 is 3.00 bits per heavy atom. The number of ether oxygens (including phenoxy) is 1. The number of halogens is 1. The summed E-state index contributed by atoms with van der Waals surface area (Å²) in [6, 6.07) is 0. The summed E-state index contributed by atoms with van der Waals surface area (Å²) in [6.07, 6.45) is 6.37. The smallest absolute Gasteiger partial charge is 0.438 e. The minimum absolute atomic E-state index is 0.321. The van der Waals surface area contributed by atoms with E-state index in [4.69, 9.17) is 9.15 Å². The third-order valence-corrected chi connectivity index (χ3v) is 6.87. The fraction of sp³-hybridized carbons (Fsp3) is 0.571. The van der Waals surface area contributed by atoms with Gasteiger partial charge >= 0.3 is 5.76 Å².